The van der Waals surface area contributed by atoms with Crippen LogP contribution in [-0.2, 0) is 0 Å². The summed E-state index contributed by atoms with van der Waals surface area (Å²) in [7, 11) is -1.81. The molecule has 0 bridgehead atoms. The fraction of sp³-hybridized carbons (Fsp3) is 0. The number of hydrogen-bond acceptors (Lipinski definition) is 8. The molecule has 102 valence electrons. The molecular weight excluding hydrogens is 271 g/mol. The number of aromatic nitrogens is 6. The number of hydrogen-bond donors (Lipinski definition) is 2. The second-order valence-electron chi connectivity index (χ2n) is 4.02. The second-order valence-corrected chi connectivity index (χ2v) is 4.02. The molecule has 0 fully saturated rings. The molecule has 3 aromatic heterocycles. The molecule has 3 heterocycles. The first-order chi connectivity index (χ1) is 10.2. The molecule has 0 amide bonds. The molecular formula is C12H9BN6O2. The van der Waals surface area contributed by atoms with Crippen molar-refractivity contribution < 1.29 is 10.0 Å². The summed E-state index contributed by atoms with van der Waals surface area (Å²) in [4.78, 5) is 24.4. The van der Waals surface area contributed by atoms with Gasteiger partial charge >= 0.3 is 7.12 Å². The van der Waals surface area contributed by atoms with Crippen molar-refractivity contribution >= 4 is 12.8 Å². The van der Waals surface area contributed by atoms with E-state index in [1.165, 1.54) is 0 Å². The van der Waals surface area contributed by atoms with Gasteiger partial charge in [0, 0.05) is 24.8 Å². The zero-order valence-electron chi connectivity index (χ0n) is 10.7. The highest BCUT2D eigenvalue weighted by atomic mass is 16.4. The first-order valence-corrected chi connectivity index (χ1v) is 6.04. The maximum atomic E-state index is 9.32. The van der Waals surface area contributed by atoms with Crippen LogP contribution < -0.4 is 5.72 Å². The number of nitrogens with zero attached hydrogens (tertiary/aromatic N) is 6. The normalized spacial score (nSPS) is 10.4. The van der Waals surface area contributed by atoms with E-state index in [9.17, 15) is 10.0 Å². The van der Waals surface area contributed by atoms with Gasteiger partial charge in [-0.15, -0.1) is 0 Å². The minimum absolute atomic E-state index is 0.164. The SMILES string of the molecule is OB(O)c1nc(-c2ncccn2)cc(-c2ncccn2)n1. The lowest BCUT2D eigenvalue weighted by molar-refractivity contribution is 0.422. The van der Waals surface area contributed by atoms with Gasteiger partial charge in [-0.2, -0.15) is 0 Å². The summed E-state index contributed by atoms with van der Waals surface area (Å²) in [6.07, 6.45) is 6.27. The first kappa shape index (κ1) is 13.2. The molecule has 8 nitrogen and oxygen atoms in total. The summed E-state index contributed by atoms with van der Waals surface area (Å²) >= 11 is 0. The van der Waals surface area contributed by atoms with E-state index >= 15 is 0 Å². The molecule has 3 aromatic rings. The van der Waals surface area contributed by atoms with E-state index in [1.54, 1.807) is 43.0 Å². The summed E-state index contributed by atoms with van der Waals surface area (Å²) in [5, 5.41) is 18.6. The average molecular weight is 280 g/mol. The Labute approximate surface area is 119 Å². The van der Waals surface area contributed by atoms with Crippen LogP contribution in [0.25, 0.3) is 23.0 Å². The minimum atomic E-state index is -1.81. The van der Waals surface area contributed by atoms with Gasteiger partial charge in [0.15, 0.2) is 17.4 Å². The van der Waals surface area contributed by atoms with Crippen LogP contribution in [0.5, 0.6) is 0 Å². The maximum absolute atomic E-state index is 9.32. The van der Waals surface area contributed by atoms with Crippen molar-refractivity contribution in [3.05, 3.63) is 43.0 Å². The van der Waals surface area contributed by atoms with Gasteiger partial charge in [0.2, 0.25) is 0 Å². The van der Waals surface area contributed by atoms with E-state index in [-0.39, 0.29) is 5.72 Å². The Morgan fingerprint density at radius 1 is 0.714 bits per heavy atom. The molecule has 0 saturated heterocycles. The van der Waals surface area contributed by atoms with Crippen LogP contribution in [0.2, 0.25) is 0 Å². The Hall–Kier alpha value is -2.78. The first-order valence-electron chi connectivity index (χ1n) is 6.04. The topological polar surface area (TPSA) is 118 Å². The molecule has 0 aliphatic rings. The van der Waals surface area contributed by atoms with Gasteiger partial charge in [0.1, 0.15) is 11.4 Å². The van der Waals surface area contributed by atoms with Gasteiger partial charge in [0.25, 0.3) is 0 Å². The largest absolute Gasteiger partial charge is 0.528 e. The van der Waals surface area contributed by atoms with Crippen molar-refractivity contribution in [2.24, 2.45) is 0 Å². The summed E-state index contributed by atoms with van der Waals surface area (Å²) in [6, 6.07) is 4.94. The molecule has 0 aromatic carbocycles. The molecule has 0 atom stereocenters. The highest BCUT2D eigenvalue weighted by molar-refractivity contribution is 6.56. The summed E-state index contributed by atoms with van der Waals surface area (Å²) in [6.45, 7) is 0. The predicted octanol–water partition coefficient (Wildman–Crippen LogP) is -0.930. The van der Waals surface area contributed by atoms with E-state index in [4.69, 9.17) is 0 Å². The highest BCUT2D eigenvalue weighted by Gasteiger charge is 2.19. The van der Waals surface area contributed by atoms with Gasteiger partial charge in [-0.05, 0) is 18.2 Å². The third-order valence-electron chi connectivity index (χ3n) is 2.56. The molecule has 3 rings (SSSR count). The Balaban J connectivity index is 2.16. The van der Waals surface area contributed by atoms with Crippen LogP contribution in [0.1, 0.15) is 0 Å². The standard InChI is InChI=1S/C12H9BN6O2/c20-13(21)12-18-8(10-14-3-1-4-15-10)7-9(19-12)11-16-5-2-6-17-11/h1-7,20-21H. The molecule has 0 radical (unpaired) electrons. The molecule has 21 heavy (non-hydrogen) atoms. The van der Waals surface area contributed by atoms with E-state index in [2.05, 4.69) is 29.9 Å². The van der Waals surface area contributed by atoms with Crippen LogP contribution in [0.4, 0.5) is 0 Å². The van der Waals surface area contributed by atoms with Crippen molar-refractivity contribution in [2.45, 2.75) is 0 Å². The van der Waals surface area contributed by atoms with E-state index in [0.29, 0.717) is 23.0 Å². The van der Waals surface area contributed by atoms with Gasteiger partial charge < -0.3 is 10.0 Å². The van der Waals surface area contributed by atoms with E-state index < -0.39 is 7.12 Å². The van der Waals surface area contributed by atoms with Gasteiger partial charge in [-0.25, -0.2) is 29.9 Å². The zero-order valence-corrected chi connectivity index (χ0v) is 10.7. The van der Waals surface area contributed by atoms with Crippen LogP contribution in [-0.4, -0.2) is 47.1 Å². The fourth-order valence-electron chi connectivity index (χ4n) is 1.67. The Kier molecular flexibility index (Phi) is 3.58. The number of rotatable bonds is 3. The maximum Gasteiger partial charge on any atom is 0.528 e. The summed E-state index contributed by atoms with van der Waals surface area (Å²) < 4.78 is 0. The van der Waals surface area contributed by atoms with Crippen molar-refractivity contribution in [1.82, 2.24) is 29.9 Å². The van der Waals surface area contributed by atoms with Crippen LogP contribution >= 0.6 is 0 Å². The third kappa shape index (κ3) is 2.88. The monoisotopic (exact) mass is 280 g/mol. The molecule has 9 heteroatoms. The molecule has 0 aliphatic heterocycles. The van der Waals surface area contributed by atoms with Crippen molar-refractivity contribution in [3.8, 4) is 23.0 Å². The highest BCUT2D eigenvalue weighted by Crippen LogP contribution is 2.16. The Morgan fingerprint density at radius 3 is 1.52 bits per heavy atom. The molecule has 0 unspecified atom stereocenters. The molecule has 2 N–H and O–H groups in total. The summed E-state index contributed by atoms with van der Waals surface area (Å²) in [5.74, 6) is 0.693. The quantitative estimate of drug-likeness (QED) is 0.591. The van der Waals surface area contributed by atoms with Crippen LogP contribution in [0, 0.1) is 0 Å². The van der Waals surface area contributed by atoms with Crippen LogP contribution in [0.3, 0.4) is 0 Å². The van der Waals surface area contributed by atoms with Gasteiger partial charge in [0.05, 0.1) is 0 Å². The van der Waals surface area contributed by atoms with E-state index in [0.717, 1.165) is 0 Å². The lowest BCUT2D eigenvalue weighted by atomic mass is 9.90. The second kappa shape index (κ2) is 5.69. The Morgan fingerprint density at radius 2 is 1.14 bits per heavy atom. The third-order valence-corrected chi connectivity index (χ3v) is 2.56. The van der Waals surface area contributed by atoms with Crippen molar-refractivity contribution in [3.63, 3.8) is 0 Å². The molecule has 0 aliphatic carbocycles. The predicted molar refractivity (Wildman–Crippen MR) is 73.9 cm³/mol. The van der Waals surface area contributed by atoms with Crippen LogP contribution in [0.15, 0.2) is 43.0 Å². The van der Waals surface area contributed by atoms with Gasteiger partial charge in [-0.3, -0.25) is 0 Å². The molecule has 0 spiro atoms. The lowest BCUT2D eigenvalue weighted by Gasteiger charge is -2.06. The fourth-order valence-corrected chi connectivity index (χ4v) is 1.67. The Bertz CT molecular complexity index is 683. The minimum Gasteiger partial charge on any atom is -0.421 e. The van der Waals surface area contributed by atoms with Crippen molar-refractivity contribution in [1.29, 1.82) is 0 Å². The smallest absolute Gasteiger partial charge is 0.421 e. The lowest BCUT2D eigenvalue weighted by Crippen LogP contribution is -2.36. The van der Waals surface area contributed by atoms with Gasteiger partial charge in [-0.1, -0.05) is 0 Å². The van der Waals surface area contributed by atoms with E-state index in [1.807, 2.05) is 0 Å². The molecule has 0 saturated carbocycles. The average Bonchev–Trinajstić information content (AvgIpc) is 2.56. The zero-order chi connectivity index (χ0) is 14.7. The van der Waals surface area contributed by atoms with Crippen molar-refractivity contribution in [2.75, 3.05) is 0 Å². The summed E-state index contributed by atoms with van der Waals surface area (Å²) in [5.41, 5.74) is 0.551.